The highest BCUT2D eigenvalue weighted by Crippen LogP contribution is 2.53. The van der Waals surface area contributed by atoms with Crippen LogP contribution in [0.25, 0.3) is 11.0 Å². The van der Waals surface area contributed by atoms with Crippen molar-refractivity contribution in [1.29, 1.82) is 0 Å². The molecule has 3 heterocycles. The number of H-pyrrole nitrogens is 1. The molecule has 0 radical (unpaired) electrons. The first kappa shape index (κ1) is 19.1. The summed E-state index contributed by atoms with van der Waals surface area (Å²) in [7, 11) is 1.68. The largest absolute Gasteiger partial charge is 0.495 e. The van der Waals surface area contributed by atoms with Crippen LogP contribution >= 0.6 is 0 Å². The van der Waals surface area contributed by atoms with E-state index in [1.54, 1.807) is 7.11 Å². The summed E-state index contributed by atoms with van der Waals surface area (Å²) in [6, 6.07) is 8.22. The predicted octanol–water partition coefficient (Wildman–Crippen LogP) is 3.13. The minimum atomic E-state index is 0.0843. The molecule has 1 saturated heterocycles. The highest BCUT2D eigenvalue weighted by atomic mass is 16.5. The number of aromatic amines is 1. The third kappa shape index (κ3) is 3.36. The monoisotopic (exact) mass is 409 g/mol. The van der Waals surface area contributed by atoms with Crippen molar-refractivity contribution in [2.75, 3.05) is 38.7 Å². The Morgan fingerprint density at radius 1 is 1.27 bits per heavy atom. The molecule has 1 saturated carbocycles. The van der Waals surface area contributed by atoms with Gasteiger partial charge in [-0.05, 0) is 43.5 Å². The normalized spacial score (nSPS) is 20.1. The molecule has 0 amide bonds. The quantitative estimate of drug-likeness (QED) is 0.552. The van der Waals surface area contributed by atoms with Crippen LogP contribution in [0.3, 0.4) is 0 Å². The molecule has 1 aliphatic carbocycles. The van der Waals surface area contributed by atoms with E-state index in [4.69, 9.17) is 14.2 Å². The maximum atomic E-state index is 6.07. The summed E-state index contributed by atoms with van der Waals surface area (Å²) in [5.74, 6) is 1.77. The third-order valence-corrected chi connectivity index (χ3v) is 6.02. The number of nitrogens with one attached hydrogen (secondary N) is 3. The van der Waals surface area contributed by atoms with Crippen LogP contribution in [0, 0.1) is 0 Å². The number of benzene rings is 1. The Kier molecular flexibility index (Phi) is 4.96. The predicted molar refractivity (Wildman–Crippen MR) is 115 cm³/mol. The van der Waals surface area contributed by atoms with Crippen molar-refractivity contribution in [3.63, 3.8) is 0 Å². The van der Waals surface area contributed by atoms with Crippen LogP contribution in [-0.4, -0.2) is 54.5 Å². The molecule has 1 atom stereocenters. The second-order valence-electron chi connectivity index (χ2n) is 7.79. The lowest BCUT2D eigenvalue weighted by Gasteiger charge is -2.32. The summed E-state index contributed by atoms with van der Waals surface area (Å²) in [4.78, 5) is 12.2. The lowest BCUT2D eigenvalue weighted by molar-refractivity contribution is 0.00375. The molecular weight excluding hydrogens is 382 g/mol. The molecule has 30 heavy (non-hydrogen) atoms. The van der Waals surface area contributed by atoms with Crippen LogP contribution in [0.4, 0.5) is 11.6 Å². The van der Waals surface area contributed by atoms with Gasteiger partial charge < -0.3 is 29.8 Å². The van der Waals surface area contributed by atoms with Gasteiger partial charge in [0.1, 0.15) is 11.4 Å². The molecular formula is C22H27N5O3. The van der Waals surface area contributed by atoms with Crippen molar-refractivity contribution < 1.29 is 14.2 Å². The average molecular weight is 409 g/mol. The maximum absolute atomic E-state index is 6.07. The number of rotatable bonds is 7. The van der Waals surface area contributed by atoms with Crippen LogP contribution in [0.1, 0.15) is 25.3 Å². The molecule has 2 aromatic heterocycles. The van der Waals surface area contributed by atoms with Gasteiger partial charge >= 0.3 is 0 Å². The fourth-order valence-corrected chi connectivity index (χ4v) is 4.29. The van der Waals surface area contributed by atoms with Crippen molar-refractivity contribution in [2.24, 2.45) is 0 Å². The Morgan fingerprint density at radius 3 is 2.90 bits per heavy atom. The Labute approximate surface area is 175 Å². The van der Waals surface area contributed by atoms with Gasteiger partial charge in [0.15, 0.2) is 0 Å². The zero-order valence-corrected chi connectivity index (χ0v) is 17.3. The minimum absolute atomic E-state index is 0.0843. The molecule has 0 bridgehead atoms. The van der Waals surface area contributed by atoms with Crippen molar-refractivity contribution >= 4 is 22.7 Å². The molecule has 1 aromatic carbocycles. The molecule has 1 aliphatic heterocycles. The zero-order valence-electron chi connectivity index (χ0n) is 17.3. The van der Waals surface area contributed by atoms with Gasteiger partial charge in [-0.1, -0.05) is 6.07 Å². The number of anilines is 2. The number of hydrogen-bond acceptors (Lipinski definition) is 7. The molecule has 2 aliphatic rings. The SMILES string of the molecule is CCOc1nc(Nc2ccc(C3(C4CNCCO4)CC3)cc2OC)nc2[nH]ccc12. The summed E-state index contributed by atoms with van der Waals surface area (Å²) in [5.41, 5.74) is 2.88. The fourth-order valence-electron chi connectivity index (χ4n) is 4.29. The van der Waals surface area contributed by atoms with E-state index >= 15 is 0 Å². The summed E-state index contributed by atoms with van der Waals surface area (Å²) >= 11 is 0. The van der Waals surface area contributed by atoms with E-state index in [9.17, 15) is 0 Å². The van der Waals surface area contributed by atoms with Crippen LogP contribution in [0.5, 0.6) is 11.6 Å². The standard InChI is InChI=1S/C22H27N5O3/c1-3-29-20-15-6-9-24-19(15)26-21(27-20)25-16-5-4-14(12-17(16)28-2)22(7-8-22)18-13-23-10-11-30-18/h4-6,9,12,18,23H,3,7-8,10-11,13H2,1-2H3,(H2,24,25,26,27). The van der Waals surface area contributed by atoms with Crippen molar-refractivity contribution in [2.45, 2.75) is 31.3 Å². The molecule has 1 unspecified atom stereocenters. The van der Waals surface area contributed by atoms with Crippen LogP contribution in [0.15, 0.2) is 30.5 Å². The van der Waals surface area contributed by atoms with Crippen LogP contribution in [-0.2, 0) is 10.2 Å². The molecule has 5 rings (SSSR count). The Bertz CT molecular complexity index is 1040. The van der Waals surface area contributed by atoms with E-state index in [1.807, 2.05) is 25.3 Å². The number of methoxy groups -OCH3 is 1. The second kappa shape index (κ2) is 7.77. The smallest absolute Gasteiger partial charge is 0.232 e. The summed E-state index contributed by atoms with van der Waals surface area (Å²) in [6.45, 7) is 5.06. The van der Waals surface area contributed by atoms with Gasteiger partial charge in [0.05, 0.1) is 37.5 Å². The van der Waals surface area contributed by atoms with Gasteiger partial charge in [-0.3, -0.25) is 0 Å². The van der Waals surface area contributed by atoms with Crippen molar-refractivity contribution in [3.8, 4) is 11.6 Å². The zero-order chi connectivity index (χ0) is 20.6. The molecule has 0 spiro atoms. The Morgan fingerprint density at radius 2 is 2.17 bits per heavy atom. The molecule has 158 valence electrons. The first-order valence-corrected chi connectivity index (χ1v) is 10.5. The van der Waals surface area contributed by atoms with Gasteiger partial charge in [0, 0.05) is 24.7 Å². The fraction of sp³-hybridized carbons (Fsp3) is 0.455. The first-order chi connectivity index (χ1) is 14.7. The lowest BCUT2D eigenvalue weighted by Crippen LogP contribution is -2.45. The molecule has 8 nitrogen and oxygen atoms in total. The lowest BCUT2D eigenvalue weighted by atomic mass is 9.88. The summed E-state index contributed by atoms with van der Waals surface area (Å²) in [6.07, 6.45) is 4.32. The van der Waals surface area contributed by atoms with Gasteiger partial charge in [-0.25, -0.2) is 0 Å². The molecule has 2 fully saturated rings. The van der Waals surface area contributed by atoms with Gasteiger partial charge in [0.25, 0.3) is 0 Å². The number of hydrogen-bond donors (Lipinski definition) is 3. The van der Waals surface area contributed by atoms with Crippen LogP contribution in [0.2, 0.25) is 0 Å². The van der Waals surface area contributed by atoms with E-state index < -0.39 is 0 Å². The second-order valence-corrected chi connectivity index (χ2v) is 7.79. The van der Waals surface area contributed by atoms with E-state index in [0.717, 1.165) is 55.0 Å². The molecule has 3 aromatic rings. The van der Waals surface area contributed by atoms with Crippen molar-refractivity contribution in [1.82, 2.24) is 20.3 Å². The van der Waals surface area contributed by atoms with Crippen LogP contribution < -0.4 is 20.1 Å². The number of fused-ring (bicyclic) bond motifs is 1. The first-order valence-electron chi connectivity index (χ1n) is 10.5. The van der Waals surface area contributed by atoms with E-state index in [2.05, 4.69) is 37.7 Å². The number of morpholine rings is 1. The van der Waals surface area contributed by atoms with Gasteiger partial charge in [0.2, 0.25) is 11.8 Å². The average Bonchev–Trinajstić information content (AvgIpc) is 3.46. The van der Waals surface area contributed by atoms with E-state index in [1.165, 1.54) is 5.56 Å². The Hall–Kier alpha value is -2.84. The minimum Gasteiger partial charge on any atom is -0.495 e. The van der Waals surface area contributed by atoms with E-state index in [0.29, 0.717) is 18.4 Å². The molecule has 8 heteroatoms. The summed E-state index contributed by atoms with van der Waals surface area (Å²) < 4.78 is 17.5. The molecule has 3 N–H and O–H groups in total. The number of aromatic nitrogens is 3. The van der Waals surface area contributed by atoms with Crippen molar-refractivity contribution in [3.05, 3.63) is 36.0 Å². The highest BCUT2D eigenvalue weighted by molar-refractivity contribution is 5.82. The number of ether oxygens (including phenoxy) is 3. The number of nitrogens with zero attached hydrogens (tertiary/aromatic N) is 2. The Balaban J connectivity index is 1.44. The maximum Gasteiger partial charge on any atom is 0.232 e. The van der Waals surface area contributed by atoms with E-state index in [-0.39, 0.29) is 11.5 Å². The topological polar surface area (TPSA) is 93.3 Å². The van der Waals surface area contributed by atoms with Gasteiger partial charge in [-0.2, -0.15) is 9.97 Å². The summed E-state index contributed by atoms with van der Waals surface area (Å²) in [5, 5.41) is 7.61. The highest BCUT2D eigenvalue weighted by Gasteiger charge is 2.52. The third-order valence-electron chi connectivity index (χ3n) is 6.02. The van der Waals surface area contributed by atoms with Gasteiger partial charge in [-0.15, -0.1) is 0 Å².